The lowest BCUT2D eigenvalue weighted by Crippen LogP contribution is -2.04. The predicted octanol–water partition coefficient (Wildman–Crippen LogP) is 6.62. The normalized spacial score (nSPS) is 10.6. The zero-order valence-electron chi connectivity index (χ0n) is 21.3. The second kappa shape index (κ2) is 15.4. The lowest BCUT2D eigenvalue weighted by Gasteiger charge is -2.06. The quantitative estimate of drug-likeness (QED) is 0.264. The third-order valence-electron chi connectivity index (χ3n) is 5.17. The van der Waals surface area contributed by atoms with E-state index in [1.54, 1.807) is 19.3 Å². The lowest BCUT2D eigenvalue weighted by molar-refractivity contribution is -0.138. The van der Waals surface area contributed by atoms with E-state index in [0.29, 0.717) is 23.7 Å². The molecule has 0 aliphatic heterocycles. The molecule has 0 aromatic heterocycles. The highest BCUT2D eigenvalue weighted by atomic mass is 16.5. The van der Waals surface area contributed by atoms with Gasteiger partial charge in [0.05, 0.1) is 19.3 Å². The highest BCUT2D eigenvalue weighted by Crippen LogP contribution is 2.26. The second-order valence-corrected chi connectivity index (χ2v) is 8.38. The fourth-order valence-electron chi connectivity index (χ4n) is 3.18. The molecule has 0 saturated heterocycles. The van der Waals surface area contributed by atoms with E-state index in [4.69, 9.17) is 14.6 Å². The maximum Gasteiger partial charge on any atom is 0.330 e. The molecule has 0 unspecified atom stereocenters. The van der Waals surface area contributed by atoms with Crippen molar-refractivity contribution in [3.8, 4) is 22.9 Å². The van der Waals surface area contributed by atoms with Gasteiger partial charge in [-0.25, -0.2) is 9.59 Å². The fraction of sp³-hybridized carbons (Fsp3) is 0.194. The second-order valence-electron chi connectivity index (χ2n) is 8.38. The van der Waals surface area contributed by atoms with Crippen LogP contribution in [0.4, 0.5) is 0 Å². The Kier molecular flexibility index (Phi) is 11.9. The summed E-state index contributed by atoms with van der Waals surface area (Å²) in [6.45, 7) is 4.67. The molecule has 0 heterocycles. The molecule has 3 aromatic rings. The molecule has 0 spiro atoms. The summed E-state index contributed by atoms with van der Waals surface area (Å²) >= 11 is 0. The molecule has 0 aliphatic rings. The van der Waals surface area contributed by atoms with E-state index in [1.807, 2.05) is 66.7 Å². The van der Waals surface area contributed by atoms with Crippen LogP contribution in [0.5, 0.6) is 5.75 Å². The van der Waals surface area contributed by atoms with Crippen LogP contribution in [0.1, 0.15) is 37.0 Å². The van der Waals surface area contributed by atoms with Gasteiger partial charge in [-0.05, 0) is 53.3 Å². The van der Waals surface area contributed by atoms with E-state index in [2.05, 4.69) is 19.9 Å². The third kappa shape index (κ3) is 10.3. The molecule has 6 nitrogen and oxygen atoms in total. The number of carboxylic acid groups (broad SMARTS) is 1. The van der Waals surface area contributed by atoms with Crippen LogP contribution >= 0.6 is 0 Å². The summed E-state index contributed by atoms with van der Waals surface area (Å²) in [5.74, 6) is 0.00972. The molecule has 0 bridgehead atoms. The monoisotopic (exact) mass is 497 g/mol. The Bertz CT molecular complexity index is 1250. The minimum Gasteiger partial charge on any atom is -0.497 e. The highest BCUT2D eigenvalue weighted by Gasteiger charge is 2.08. The minimum atomic E-state index is -1.03. The number of aliphatic carboxylic acids is 1. The first-order valence-corrected chi connectivity index (χ1v) is 11.8. The van der Waals surface area contributed by atoms with Gasteiger partial charge in [0.15, 0.2) is 0 Å². The van der Waals surface area contributed by atoms with Crippen molar-refractivity contribution < 1.29 is 24.2 Å². The lowest BCUT2D eigenvalue weighted by atomic mass is 9.96. The van der Waals surface area contributed by atoms with Gasteiger partial charge in [0.1, 0.15) is 11.8 Å². The Morgan fingerprint density at radius 3 is 2.24 bits per heavy atom. The highest BCUT2D eigenvalue weighted by molar-refractivity contribution is 5.87. The zero-order chi connectivity index (χ0) is 27.0. The number of nitriles is 1. The van der Waals surface area contributed by atoms with Crippen LogP contribution < -0.4 is 4.74 Å². The number of hydrogen-bond acceptors (Lipinski definition) is 5. The number of benzene rings is 3. The van der Waals surface area contributed by atoms with Crippen molar-refractivity contribution in [3.05, 3.63) is 102 Å². The number of carboxylic acids is 1. The number of methoxy groups -OCH3 is 1. The first-order chi connectivity index (χ1) is 17.8. The summed E-state index contributed by atoms with van der Waals surface area (Å²) in [6.07, 6.45) is 6.54. The SMILES string of the molecule is COc1ccc(C=CC(=O)OCCC(C)C)cc1.N#Cc1c(C=CC(=O)O)cccc1-c1ccccc1. The van der Waals surface area contributed by atoms with Crippen molar-refractivity contribution in [2.75, 3.05) is 13.7 Å². The molecule has 190 valence electrons. The Hall–Kier alpha value is -4.63. The van der Waals surface area contributed by atoms with Crippen LogP contribution in [-0.4, -0.2) is 30.8 Å². The molecule has 0 fully saturated rings. The largest absolute Gasteiger partial charge is 0.497 e. The van der Waals surface area contributed by atoms with Crippen molar-refractivity contribution in [2.45, 2.75) is 20.3 Å². The van der Waals surface area contributed by atoms with Gasteiger partial charge in [0, 0.05) is 17.7 Å². The van der Waals surface area contributed by atoms with Gasteiger partial charge in [-0.1, -0.05) is 74.5 Å². The van der Waals surface area contributed by atoms with Crippen molar-refractivity contribution in [2.24, 2.45) is 5.92 Å². The average Bonchev–Trinajstić information content (AvgIpc) is 2.91. The van der Waals surface area contributed by atoms with Crippen LogP contribution in [0, 0.1) is 17.2 Å². The molecule has 6 heteroatoms. The molecular weight excluding hydrogens is 466 g/mol. The predicted molar refractivity (Wildman–Crippen MR) is 146 cm³/mol. The minimum absolute atomic E-state index is 0.300. The molecule has 0 amide bonds. The van der Waals surface area contributed by atoms with Crippen LogP contribution in [0.15, 0.2) is 84.9 Å². The summed E-state index contributed by atoms with van der Waals surface area (Å²) < 4.78 is 10.1. The maximum absolute atomic E-state index is 11.4. The van der Waals surface area contributed by atoms with Crippen molar-refractivity contribution in [1.82, 2.24) is 0 Å². The molecule has 3 aromatic carbocycles. The molecule has 37 heavy (non-hydrogen) atoms. The molecule has 0 radical (unpaired) electrons. The number of esters is 1. The van der Waals surface area contributed by atoms with Gasteiger partial charge in [0.25, 0.3) is 0 Å². The summed E-state index contributed by atoms with van der Waals surface area (Å²) in [7, 11) is 1.62. The maximum atomic E-state index is 11.4. The Morgan fingerprint density at radius 1 is 0.946 bits per heavy atom. The number of carbonyl (C=O) groups is 2. The molecule has 0 atom stereocenters. The Balaban J connectivity index is 0.000000261. The van der Waals surface area contributed by atoms with Gasteiger partial charge in [-0.15, -0.1) is 0 Å². The van der Waals surface area contributed by atoms with Crippen molar-refractivity contribution in [3.63, 3.8) is 0 Å². The average molecular weight is 498 g/mol. The van der Waals surface area contributed by atoms with Crippen molar-refractivity contribution in [1.29, 1.82) is 5.26 Å². The number of rotatable bonds is 9. The van der Waals surface area contributed by atoms with Crippen LogP contribution in [0.25, 0.3) is 23.3 Å². The van der Waals surface area contributed by atoms with E-state index >= 15 is 0 Å². The van der Waals surface area contributed by atoms with Crippen LogP contribution in [0.2, 0.25) is 0 Å². The van der Waals surface area contributed by atoms with Crippen LogP contribution in [-0.2, 0) is 14.3 Å². The number of carbonyl (C=O) groups excluding carboxylic acids is 1. The number of nitrogens with zero attached hydrogens (tertiary/aromatic N) is 1. The number of hydrogen-bond donors (Lipinski definition) is 1. The fourth-order valence-corrected chi connectivity index (χ4v) is 3.18. The molecule has 1 N–H and O–H groups in total. The van der Waals surface area contributed by atoms with E-state index in [-0.39, 0.29) is 5.97 Å². The van der Waals surface area contributed by atoms with Gasteiger partial charge in [0.2, 0.25) is 0 Å². The van der Waals surface area contributed by atoms with Gasteiger partial charge < -0.3 is 14.6 Å². The first-order valence-electron chi connectivity index (χ1n) is 11.8. The van der Waals surface area contributed by atoms with Crippen LogP contribution in [0.3, 0.4) is 0 Å². The summed E-state index contributed by atoms with van der Waals surface area (Å²) in [5.41, 5.74) is 3.76. The van der Waals surface area contributed by atoms with Gasteiger partial charge in [-0.3, -0.25) is 0 Å². The van der Waals surface area contributed by atoms with Crippen molar-refractivity contribution >= 4 is 24.1 Å². The number of ether oxygens (including phenoxy) is 2. The smallest absolute Gasteiger partial charge is 0.330 e. The topological polar surface area (TPSA) is 96.6 Å². The summed E-state index contributed by atoms with van der Waals surface area (Å²) in [6, 6.07) is 24.5. The van der Waals surface area contributed by atoms with E-state index in [0.717, 1.165) is 34.9 Å². The first kappa shape index (κ1) is 28.6. The summed E-state index contributed by atoms with van der Waals surface area (Å²) in [4.78, 5) is 21.9. The van der Waals surface area contributed by atoms with E-state index in [9.17, 15) is 14.9 Å². The van der Waals surface area contributed by atoms with Gasteiger partial charge in [-0.2, -0.15) is 5.26 Å². The molecule has 0 aliphatic carbocycles. The molecule has 3 rings (SSSR count). The standard InChI is InChI=1S/C16H11NO2.C15H20O3/c17-11-15-13(9-10-16(18)19)7-4-8-14(15)12-5-2-1-3-6-12;1-12(2)10-11-18-15(16)9-6-13-4-7-14(17-3)8-5-13/h1-10H,(H,18,19);4-9,12H,10-11H2,1-3H3. The Labute approximate surface area is 218 Å². The van der Waals surface area contributed by atoms with Gasteiger partial charge >= 0.3 is 11.9 Å². The van der Waals surface area contributed by atoms with E-state index in [1.165, 1.54) is 12.2 Å². The molecular formula is C31H31NO5. The van der Waals surface area contributed by atoms with E-state index < -0.39 is 5.97 Å². The Morgan fingerprint density at radius 2 is 1.65 bits per heavy atom. The third-order valence-corrected chi connectivity index (χ3v) is 5.17. The zero-order valence-corrected chi connectivity index (χ0v) is 21.3. The summed E-state index contributed by atoms with van der Waals surface area (Å²) in [5, 5.41) is 17.9. The molecule has 0 saturated carbocycles.